The minimum absolute atomic E-state index is 0.0579. The molecule has 0 unspecified atom stereocenters. The largest absolute Gasteiger partial charge is 0.497 e. The lowest BCUT2D eigenvalue weighted by molar-refractivity contribution is 0.103. The lowest BCUT2D eigenvalue weighted by atomic mass is 9.93. The number of carbonyl (C=O) groups is 1. The summed E-state index contributed by atoms with van der Waals surface area (Å²) in [6.07, 6.45) is 0. The second-order valence-electron chi connectivity index (χ2n) is 6.09. The van der Waals surface area contributed by atoms with Crippen molar-refractivity contribution in [3.8, 4) is 11.5 Å². The van der Waals surface area contributed by atoms with Gasteiger partial charge >= 0.3 is 0 Å². The van der Waals surface area contributed by atoms with E-state index in [1.165, 1.54) is 0 Å². The monoisotopic (exact) mass is 342 g/mol. The fourth-order valence-electron chi connectivity index (χ4n) is 3.37. The summed E-state index contributed by atoms with van der Waals surface area (Å²) in [4.78, 5) is 13.5. The molecular weight excluding hydrogens is 324 g/mol. The number of ketones is 1. The zero-order chi connectivity index (χ0) is 18.1. The maximum atomic E-state index is 13.5. The molecule has 0 aromatic heterocycles. The summed E-state index contributed by atoms with van der Waals surface area (Å²) in [5.74, 6) is 1.21. The molecule has 4 aromatic carbocycles. The minimum atomic E-state index is -0.0579. The fraction of sp³-hybridized carbons (Fsp3) is 0.0870. The van der Waals surface area contributed by atoms with Crippen LogP contribution in [0.2, 0.25) is 0 Å². The molecule has 0 N–H and O–H groups in total. The van der Waals surface area contributed by atoms with Crippen LogP contribution in [0, 0.1) is 0 Å². The summed E-state index contributed by atoms with van der Waals surface area (Å²) in [5.41, 5.74) is 1.22. The lowest BCUT2D eigenvalue weighted by Crippen LogP contribution is -2.06. The second kappa shape index (κ2) is 6.52. The van der Waals surface area contributed by atoms with Crippen LogP contribution in [0.1, 0.15) is 15.9 Å². The number of fused-ring (bicyclic) bond motifs is 2. The van der Waals surface area contributed by atoms with Gasteiger partial charge in [-0.05, 0) is 34.4 Å². The van der Waals surface area contributed by atoms with Crippen molar-refractivity contribution < 1.29 is 14.3 Å². The van der Waals surface area contributed by atoms with Gasteiger partial charge in [0.25, 0.3) is 0 Å². The number of methoxy groups -OCH3 is 2. The zero-order valence-electron chi connectivity index (χ0n) is 14.7. The zero-order valence-corrected chi connectivity index (χ0v) is 14.7. The highest BCUT2D eigenvalue weighted by Crippen LogP contribution is 2.34. The van der Waals surface area contributed by atoms with E-state index in [0.717, 1.165) is 21.5 Å². The third kappa shape index (κ3) is 2.58. The van der Waals surface area contributed by atoms with E-state index >= 15 is 0 Å². The summed E-state index contributed by atoms with van der Waals surface area (Å²) >= 11 is 0. The van der Waals surface area contributed by atoms with Crippen LogP contribution in [0.5, 0.6) is 11.5 Å². The van der Waals surface area contributed by atoms with Crippen molar-refractivity contribution in [2.24, 2.45) is 0 Å². The quantitative estimate of drug-likeness (QED) is 0.476. The first-order chi connectivity index (χ1) is 12.7. The molecule has 0 fully saturated rings. The van der Waals surface area contributed by atoms with Crippen LogP contribution in [0.25, 0.3) is 21.5 Å². The predicted octanol–water partition coefficient (Wildman–Crippen LogP) is 5.24. The Morgan fingerprint density at radius 3 is 2.27 bits per heavy atom. The van der Waals surface area contributed by atoms with E-state index in [2.05, 4.69) is 0 Å². The first kappa shape index (κ1) is 16.2. The third-order valence-corrected chi connectivity index (χ3v) is 4.67. The Balaban J connectivity index is 2.01. The molecule has 0 heterocycles. The van der Waals surface area contributed by atoms with Crippen LogP contribution in [-0.4, -0.2) is 20.0 Å². The number of hydrogen-bond donors (Lipinski definition) is 0. The van der Waals surface area contributed by atoms with Crippen molar-refractivity contribution >= 4 is 27.3 Å². The molecule has 3 nitrogen and oxygen atoms in total. The molecule has 0 bridgehead atoms. The van der Waals surface area contributed by atoms with Gasteiger partial charge in [0.1, 0.15) is 11.5 Å². The smallest absolute Gasteiger partial charge is 0.198 e. The number of hydrogen-bond acceptors (Lipinski definition) is 3. The van der Waals surface area contributed by atoms with Crippen molar-refractivity contribution in [3.05, 3.63) is 83.9 Å². The molecule has 0 atom stereocenters. The maximum Gasteiger partial charge on any atom is 0.198 e. The highest BCUT2D eigenvalue weighted by molar-refractivity contribution is 6.22. The van der Waals surface area contributed by atoms with E-state index in [4.69, 9.17) is 9.47 Å². The topological polar surface area (TPSA) is 35.5 Å². The number of ether oxygens (including phenoxy) is 2. The normalized spacial score (nSPS) is 10.8. The molecule has 0 radical (unpaired) electrons. The van der Waals surface area contributed by atoms with Crippen molar-refractivity contribution in [2.45, 2.75) is 0 Å². The van der Waals surface area contributed by atoms with E-state index in [-0.39, 0.29) is 5.78 Å². The number of benzene rings is 4. The van der Waals surface area contributed by atoms with Gasteiger partial charge in [-0.2, -0.15) is 0 Å². The van der Waals surface area contributed by atoms with Crippen LogP contribution >= 0.6 is 0 Å². The van der Waals surface area contributed by atoms with Gasteiger partial charge in [-0.1, -0.05) is 54.6 Å². The van der Waals surface area contributed by atoms with Crippen molar-refractivity contribution in [1.82, 2.24) is 0 Å². The molecule has 0 amide bonds. The molecular formula is C23H18O3. The predicted molar refractivity (Wildman–Crippen MR) is 104 cm³/mol. The van der Waals surface area contributed by atoms with E-state index in [1.54, 1.807) is 14.2 Å². The van der Waals surface area contributed by atoms with Gasteiger partial charge in [-0.3, -0.25) is 4.79 Å². The molecule has 0 aliphatic heterocycles. The Morgan fingerprint density at radius 2 is 1.46 bits per heavy atom. The summed E-state index contributed by atoms with van der Waals surface area (Å²) in [5, 5.41) is 3.76. The van der Waals surface area contributed by atoms with Gasteiger partial charge in [0.15, 0.2) is 5.78 Å². The molecule has 0 aliphatic rings. The molecule has 26 heavy (non-hydrogen) atoms. The molecule has 0 saturated heterocycles. The molecule has 3 heteroatoms. The standard InChI is InChI=1S/C23H18O3/c1-25-17-12-10-16-11-13-21(26-2)22(20(16)14-17)23(24)19-9-5-7-15-6-3-4-8-18(15)19/h3-14H,1-2H3. The van der Waals surface area contributed by atoms with Crippen molar-refractivity contribution in [2.75, 3.05) is 14.2 Å². The average Bonchev–Trinajstić information content (AvgIpc) is 2.71. The number of rotatable bonds is 4. The molecule has 4 rings (SSSR count). The van der Waals surface area contributed by atoms with Crippen LogP contribution in [0.3, 0.4) is 0 Å². The first-order valence-corrected chi connectivity index (χ1v) is 8.40. The Morgan fingerprint density at radius 1 is 0.731 bits per heavy atom. The minimum Gasteiger partial charge on any atom is -0.497 e. The van der Waals surface area contributed by atoms with Crippen LogP contribution in [0.15, 0.2) is 72.8 Å². The van der Waals surface area contributed by atoms with E-state index in [1.807, 2.05) is 72.8 Å². The summed E-state index contributed by atoms with van der Waals surface area (Å²) in [7, 11) is 3.20. The molecule has 0 spiro atoms. The van der Waals surface area contributed by atoms with Gasteiger partial charge in [0, 0.05) is 10.9 Å². The van der Waals surface area contributed by atoms with Crippen LogP contribution in [0.4, 0.5) is 0 Å². The Hall–Kier alpha value is -3.33. The molecule has 128 valence electrons. The number of carbonyl (C=O) groups excluding carboxylic acids is 1. The fourth-order valence-corrected chi connectivity index (χ4v) is 3.37. The van der Waals surface area contributed by atoms with Crippen molar-refractivity contribution in [1.29, 1.82) is 0 Å². The van der Waals surface area contributed by atoms with Crippen molar-refractivity contribution in [3.63, 3.8) is 0 Å². The summed E-state index contributed by atoms with van der Waals surface area (Å²) < 4.78 is 10.9. The Kier molecular flexibility index (Phi) is 4.05. The van der Waals surface area contributed by atoms with Gasteiger partial charge in [-0.15, -0.1) is 0 Å². The molecule has 4 aromatic rings. The Labute approximate surface area is 151 Å². The molecule has 0 saturated carbocycles. The van der Waals surface area contributed by atoms with Gasteiger partial charge in [0.05, 0.1) is 19.8 Å². The van der Waals surface area contributed by atoms with Crippen LogP contribution in [-0.2, 0) is 0 Å². The van der Waals surface area contributed by atoms with Gasteiger partial charge in [-0.25, -0.2) is 0 Å². The SMILES string of the molecule is COc1ccc2ccc(OC)c(C(=O)c3cccc4ccccc34)c2c1. The maximum absolute atomic E-state index is 13.5. The Bertz CT molecular complexity index is 1120. The highest BCUT2D eigenvalue weighted by atomic mass is 16.5. The highest BCUT2D eigenvalue weighted by Gasteiger charge is 2.20. The van der Waals surface area contributed by atoms with Gasteiger partial charge < -0.3 is 9.47 Å². The van der Waals surface area contributed by atoms with E-state index in [9.17, 15) is 4.79 Å². The van der Waals surface area contributed by atoms with E-state index < -0.39 is 0 Å². The molecule has 0 aliphatic carbocycles. The van der Waals surface area contributed by atoms with Crippen LogP contribution < -0.4 is 9.47 Å². The van der Waals surface area contributed by atoms with E-state index in [0.29, 0.717) is 22.6 Å². The first-order valence-electron chi connectivity index (χ1n) is 8.40. The summed E-state index contributed by atoms with van der Waals surface area (Å²) in [6, 6.07) is 23.2. The third-order valence-electron chi connectivity index (χ3n) is 4.67. The van der Waals surface area contributed by atoms with Gasteiger partial charge in [0.2, 0.25) is 0 Å². The lowest BCUT2D eigenvalue weighted by Gasteiger charge is -2.13. The summed E-state index contributed by atoms with van der Waals surface area (Å²) in [6.45, 7) is 0. The second-order valence-corrected chi connectivity index (χ2v) is 6.09. The average molecular weight is 342 g/mol.